The minimum absolute atomic E-state index is 0. The largest absolute Gasteiger partial charge is 0.496 e. The zero-order valence-corrected chi connectivity index (χ0v) is 15.7. The number of nitrogens with one attached hydrogen (secondary N) is 1. The quantitative estimate of drug-likeness (QED) is 0.812. The third-order valence-corrected chi connectivity index (χ3v) is 5.75. The Labute approximate surface area is 158 Å². The Kier molecular flexibility index (Phi) is 5.19. The van der Waals surface area contributed by atoms with Crippen molar-refractivity contribution >= 4 is 40.9 Å². The number of aromatic nitrogens is 1. The van der Waals surface area contributed by atoms with Crippen LogP contribution in [0.25, 0.3) is 10.9 Å². The SMILES string of the molecule is COc1cc(Cl)cc2[nH]cc(C(=O)OCC34CCN(CC3)CC4)c12.Cl. The van der Waals surface area contributed by atoms with Gasteiger partial charge in [-0.15, -0.1) is 12.4 Å². The topological polar surface area (TPSA) is 54.6 Å². The summed E-state index contributed by atoms with van der Waals surface area (Å²) in [5.41, 5.74) is 1.45. The third kappa shape index (κ3) is 3.33. The summed E-state index contributed by atoms with van der Waals surface area (Å²) in [5.74, 6) is 0.277. The molecule has 136 valence electrons. The Morgan fingerprint density at radius 2 is 1.96 bits per heavy atom. The number of carbonyl (C=O) groups excluding carboxylic acids is 1. The molecular formula is C18H22Cl2N2O3. The first-order valence-corrected chi connectivity index (χ1v) is 8.72. The van der Waals surface area contributed by atoms with Crippen LogP contribution in [-0.4, -0.2) is 49.2 Å². The van der Waals surface area contributed by atoms with Crippen molar-refractivity contribution in [3.05, 3.63) is 28.9 Å². The summed E-state index contributed by atoms with van der Waals surface area (Å²) in [6.45, 7) is 3.87. The fourth-order valence-electron chi connectivity index (χ4n) is 3.93. The van der Waals surface area contributed by atoms with E-state index in [1.165, 1.54) is 0 Å². The van der Waals surface area contributed by atoms with E-state index >= 15 is 0 Å². The van der Waals surface area contributed by atoms with Crippen LogP contribution in [-0.2, 0) is 4.74 Å². The first kappa shape index (κ1) is 18.4. The number of ether oxygens (including phenoxy) is 2. The predicted octanol–water partition coefficient (Wildman–Crippen LogP) is 3.89. The van der Waals surface area contributed by atoms with Gasteiger partial charge >= 0.3 is 5.97 Å². The molecule has 0 atom stereocenters. The van der Waals surface area contributed by atoms with E-state index < -0.39 is 0 Å². The molecule has 1 aromatic carbocycles. The molecule has 0 saturated carbocycles. The standard InChI is InChI=1S/C18H21ClN2O3.ClH/c1-23-15-9-12(19)8-14-16(15)13(10-20-14)17(22)24-11-18-2-5-21(6-3-18)7-4-18;/h8-10,20H,2-7,11H2,1H3;1H. The molecule has 5 rings (SSSR count). The van der Waals surface area contributed by atoms with Crippen LogP contribution >= 0.6 is 24.0 Å². The number of hydrogen-bond acceptors (Lipinski definition) is 4. The molecule has 0 unspecified atom stereocenters. The second kappa shape index (κ2) is 7.06. The van der Waals surface area contributed by atoms with E-state index in [9.17, 15) is 4.79 Å². The van der Waals surface area contributed by atoms with Gasteiger partial charge in [0.05, 0.1) is 30.2 Å². The predicted molar refractivity (Wildman–Crippen MR) is 100 cm³/mol. The summed E-state index contributed by atoms with van der Waals surface area (Å²) >= 11 is 6.08. The Bertz CT molecular complexity index is 768. The summed E-state index contributed by atoms with van der Waals surface area (Å²) in [7, 11) is 1.57. The van der Waals surface area contributed by atoms with E-state index in [2.05, 4.69) is 9.88 Å². The van der Waals surface area contributed by atoms with Gasteiger partial charge in [0, 0.05) is 16.6 Å². The minimum atomic E-state index is -0.302. The average molecular weight is 385 g/mol. The Hall–Kier alpha value is -1.43. The smallest absolute Gasteiger partial charge is 0.340 e. The molecule has 0 spiro atoms. The molecule has 0 amide bonds. The highest BCUT2D eigenvalue weighted by molar-refractivity contribution is 6.31. The molecule has 3 aliphatic rings. The number of fused-ring (bicyclic) bond motifs is 4. The molecule has 3 aliphatic heterocycles. The van der Waals surface area contributed by atoms with Gasteiger partial charge in [-0.05, 0) is 51.0 Å². The van der Waals surface area contributed by atoms with E-state index in [1.54, 1.807) is 25.4 Å². The Morgan fingerprint density at radius 3 is 2.60 bits per heavy atom. The van der Waals surface area contributed by atoms with Crippen LogP contribution in [0.1, 0.15) is 29.6 Å². The zero-order valence-electron chi connectivity index (χ0n) is 14.1. The summed E-state index contributed by atoms with van der Waals surface area (Å²) in [5, 5.41) is 1.29. The summed E-state index contributed by atoms with van der Waals surface area (Å²) in [4.78, 5) is 18.2. The molecule has 0 radical (unpaired) electrons. The number of H-pyrrole nitrogens is 1. The van der Waals surface area contributed by atoms with Crippen molar-refractivity contribution in [2.75, 3.05) is 33.4 Å². The second-order valence-electron chi connectivity index (χ2n) is 6.90. The van der Waals surface area contributed by atoms with Gasteiger partial charge in [0.15, 0.2) is 0 Å². The van der Waals surface area contributed by atoms with E-state index in [1.807, 2.05) is 0 Å². The normalized spacial score (nSPS) is 24.8. The first-order chi connectivity index (χ1) is 11.6. The van der Waals surface area contributed by atoms with Gasteiger partial charge < -0.3 is 19.4 Å². The van der Waals surface area contributed by atoms with Crippen LogP contribution in [0.2, 0.25) is 5.02 Å². The maximum absolute atomic E-state index is 12.6. The summed E-state index contributed by atoms with van der Waals surface area (Å²) in [6, 6.07) is 3.50. The molecule has 0 aliphatic carbocycles. The number of halogens is 2. The van der Waals surface area contributed by atoms with Crippen LogP contribution in [0, 0.1) is 5.41 Å². The van der Waals surface area contributed by atoms with Crippen LogP contribution in [0.3, 0.4) is 0 Å². The molecule has 4 heterocycles. The van der Waals surface area contributed by atoms with Gasteiger partial charge in [-0.1, -0.05) is 11.6 Å². The lowest BCUT2D eigenvalue weighted by Crippen LogP contribution is -2.50. The summed E-state index contributed by atoms with van der Waals surface area (Å²) < 4.78 is 11.1. The first-order valence-electron chi connectivity index (χ1n) is 8.34. The van der Waals surface area contributed by atoms with Gasteiger partial charge in [-0.3, -0.25) is 0 Å². The molecule has 7 heteroatoms. The van der Waals surface area contributed by atoms with Crippen molar-refractivity contribution in [1.82, 2.24) is 9.88 Å². The molecule has 3 saturated heterocycles. The maximum atomic E-state index is 12.6. The van der Waals surface area contributed by atoms with Crippen LogP contribution in [0.15, 0.2) is 18.3 Å². The molecule has 2 aromatic rings. The van der Waals surface area contributed by atoms with Gasteiger partial charge in [-0.2, -0.15) is 0 Å². The van der Waals surface area contributed by atoms with Crippen LogP contribution in [0.5, 0.6) is 5.75 Å². The van der Waals surface area contributed by atoms with E-state index in [-0.39, 0.29) is 23.8 Å². The monoisotopic (exact) mass is 384 g/mol. The number of nitrogens with zero attached hydrogens (tertiary/aromatic N) is 1. The number of benzene rings is 1. The molecule has 3 fully saturated rings. The lowest BCUT2D eigenvalue weighted by atomic mass is 9.73. The van der Waals surface area contributed by atoms with Crippen molar-refractivity contribution in [2.24, 2.45) is 5.41 Å². The number of aromatic amines is 1. The Morgan fingerprint density at radius 1 is 1.28 bits per heavy atom. The van der Waals surface area contributed by atoms with E-state index in [4.69, 9.17) is 21.1 Å². The van der Waals surface area contributed by atoms with E-state index in [0.29, 0.717) is 22.9 Å². The number of methoxy groups -OCH3 is 1. The zero-order chi connectivity index (χ0) is 16.7. The average Bonchev–Trinajstić information content (AvgIpc) is 3.04. The fraction of sp³-hybridized carbons (Fsp3) is 0.500. The van der Waals surface area contributed by atoms with Crippen molar-refractivity contribution in [2.45, 2.75) is 19.3 Å². The van der Waals surface area contributed by atoms with Gasteiger partial charge in [0.1, 0.15) is 5.75 Å². The van der Waals surface area contributed by atoms with Crippen LogP contribution < -0.4 is 4.74 Å². The molecule has 2 bridgehead atoms. The number of piperidine rings is 3. The van der Waals surface area contributed by atoms with Crippen molar-refractivity contribution < 1.29 is 14.3 Å². The Balaban J connectivity index is 0.00000182. The minimum Gasteiger partial charge on any atom is -0.496 e. The number of rotatable bonds is 4. The number of esters is 1. The fourth-order valence-corrected chi connectivity index (χ4v) is 4.13. The molecule has 25 heavy (non-hydrogen) atoms. The molecule has 1 aromatic heterocycles. The second-order valence-corrected chi connectivity index (χ2v) is 7.34. The molecule has 5 nitrogen and oxygen atoms in total. The highest BCUT2D eigenvalue weighted by Gasteiger charge is 2.40. The number of hydrogen-bond donors (Lipinski definition) is 1. The van der Waals surface area contributed by atoms with Gasteiger partial charge in [-0.25, -0.2) is 4.79 Å². The number of carbonyl (C=O) groups is 1. The molecule has 1 N–H and O–H groups in total. The van der Waals surface area contributed by atoms with Gasteiger partial charge in [0.25, 0.3) is 0 Å². The maximum Gasteiger partial charge on any atom is 0.340 e. The highest BCUT2D eigenvalue weighted by Crippen LogP contribution is 2.40. The van der Waals surface area contributed by atoms with Crippen molar-refractivity contribution in [3.63, 3.8) is 0 Å². The lowest BCUT2D eigenvalue weighted by molar-refractivity contribution is -0.0304. The van der Waals surface area contributed by atoms with Gasteiger partial charge in [0.2, 0.25) is 0 Å². The van der Waals surface area contributed by atoms with Crippen molar-refractivity contribution in [1.29, 1.82) is 0 Å². The third-order valence-electron chi connectivity index (χ3n) is 5.53. The summed E-state index contributed by atoms with van der Waals surface area (Å²) in [6.07, 6.45) is 5.03. The van der Waals surface area contributed by atoms with E-state index in [0.717, 1.165) is 49.8 Å². The molecular weight excluding hydrogens is 363 g/mol. The van der Waals surface area contributed by atoms with Crippen LogP contribution in [0.4, 0.5) is 0 Å². The van der Waals surface area contributed by atoms with Crippen molar-refractivity contribution in [3.8, 4) is 5.75 Å². The lowest BCUT2D eigenvalue weighted by Gasteiger charge is -2.47. The highest BCUT2D eigenvalue weighted by atomic mass is 35.5.